The molecule has 1 heterocycles. The Kier molecular flexibility index (Phi) is 4.47. The zero-order valence-corrected chi connectivity index (χ0v) is 14.3. The fourth-order valence-electron chi connectivity index (χ4n) is 4.01. The van der Waals surface area contributed by atoms with Gasteiger partial charge in [-0.3, -0.25) is 10.2 Å². The van der Waals surface area contributed by atoms with Crippen LogP contribution in [0, 0.1) is 17.2 Å². The topological polar surface area (TPSA) is 79.6 Å². The number of hydrogen-bond acceptors (Lipinski definition) is 5. The molecule has 2 N–H and O–H groups in total. The van der Waals surface area contributed by atoms with Gasteiger partial charge in [-0.25, -0.2) is 0 Å². The molecule has 1 aliphatic carbocycles. The summed E-state index contributed by atoms with van der Waals surface area (Å²) in [4.78, 5) is 11.4. The van der Waals surface area contributed by atoms with E-state index in [1.807, 2.05) is 54.6 Å². The van der Waals surface area contributed by atoms with E-state index < -0.39 is 0 Å². The van der Waals surface area contributed by atoms with E-state index in [0.29, 0.717) is 18.4 Å². The van der Waals surface area contributed by atoms with Crippen molar-refractivity contribution in [2.75, 3.05) is 6.61 Å². The minimum absolute atomic E-state index is 0.00856. The van der Waals surface area contributed by atoms with Crippen LogP contribution >= 0.6 is 0 Å². The monoisotopic (exact) mass is 351 g/mol. The molecule has 26 heavy (non-hydrogen) atoms. The van der Waals surface area contributed by atoms with E-state index in [9.17, 15) is 9.90 Å². The van der Waals surface area contributed by atoms with Crippen LogP contribution in [0.3, 0.4) is 0 Å². The van der Waals surface area contributed by atoms with Crippen molar-refractivity contribution in [1.82, 2.24) is 0 Å². The van der Waals surface area contributed by atoms with Gasteiger partial charge in [-0.2, -0.15) is 0 Å². The zero-order valence-electron chi connectivity index (χ0n) is 14.3. The molecule has 4 atom stereocenters. The van der Waals surface area contributed by atoms with Crippen molar-refractivity contribution in [2.24, 2.45) is 11.8 Å². The first-order valence-corrected chi connectivity index (χ1v) is 8.87. The van der Waals surface area contributed by atoms with E-state index in [1.54, 1.807) is 0 Å². The van der Waals surface area contributed by atoms with Crippen LogP contribution in [-0.2, 0) is 14.3 Å². The maximum absolute atomic E-state index is 11.4. The molecule has 1 aliphatic heterocycles. The Balaban J connectivity index is 1.44. The number of carbonyl (C=O) groups is 1. The van der Waals surface area contributed by atoms with E-state index in [4.69, 9.17) is 14.9 Å². The first-order chi connectivity index (χ1) is 12.7. The van der Waals surface area contributed by atoms with Crippen LogP contribution < -0.4 is 0 Å². The maximum Gasteiger partial charge on any atom is 0.306 e. The van der Waals surface area contributed by atoms with Gasteiger partial charge in [0.25, 0.3) is 0 Å². The van der Waals surface area contributed by atoms with Crippen LogP contribution in [0.25, 0.3) is 11.1 Å². The normalized spacial score (nSPS) is 27.0. The van der Waals surface area contributed by atoms with Gasteiger partial charge in [-0.1, -0.05) is 42.5 Å². The largest absolute Gasteiger partial charge is 0.474 e. The number of rotatable bonds is 4. The fourth-order valence-corrected chi connectivity index (χ4v) is 4.01. The molecule has 1 saturated heterocycles. The van der Waals surface area contributed by atoms with Gasteiger partial charge in [0, 0.05) is 30.4 Å². The third kappa shape index (κ3) is 3.10. The van der Waals surface area contributed by atoms with Gasteiger partial charge < -0.3 is 14.6 Å². The Morgan fingerprint density at radius 1 is 1.12 bits per heavy atom. The van der Waals surface area contributed by atoms with E-state index >= 15 is 0 Å². The fraction of sp³-hybridized carbons (Fsp3) is 0.333. The number of ether oxygens (including phenoxy) is 2. The van der Waals surface area contributed by atoms with Crippen LogP contribution in [-0.4, -0.2) is 35.8 Å². The average molecular weight is 351 g/mol. The highest BCUT2D eigenvalue weighted by Crippen LogP contribution is 2.42. The highest BCUT2D eigenvalue weighted by Gasteiger charge is 2.51. The third-order valence-electron chi connectivity index (χ3n) is 5.39. The quantitative estimate of drug-likeness (QED) is 0.504. The molecule has 134 valence electrons. The molecule has 0 radical (unpaired) electrons. The van der Waals surface area contributed by atoms with Crippen molar-refractivity contribution in [3.8, 4) is 11.1 Å². The minimum atomic E-state index is -0.301. The molecule has 5 nitrogen and oxygen atoms in total. The first kappa shape index (κ1) is 16.8. The highest BCUT2D eigenvalue weighted by molar-refractivity contribution is 5.92. The summed E-state index contributed by atoms with van der Waals surface area (Å²) in [5.41, 5.74) is 2.89. The van der Waals surface area contributed by atoms with Crippen molar-refractivity contribution < 1.29 is 19.4 Å². The molecular formula is C21H21NO4. The Labute approximate surface area is 152 Å². The van der Waals surface area contributed by atoms with Gasteiger partial charge >= 0.3 is 5.97 Å². The van der Waals surface area contributed by atoms with Gasteiger partial charge in [-0.15, -0.1) is 0 Å². The number of hydrogen-bond donors (Lipinski definition) is 2. The molecule has 2 aliphatic rings. The molecule has 0 bridgehead atoms. The Morgan fingerprint density at radius 3 is 2.50 bits per heavy atom. The molecule has 0 aromatic heterocycles. The number of esters is 1. The lowest BCUT2D eigenvalue weighted by molar-refractivity contribution is -0.141. The van der Waals surface area contributed by atoms with Crippen LogP contribution in [0.1, 0.15) is 18.4 Å². The van der Waals surface area contributed by atoms with Gasteiger partial charge in [0.1, 0.15) is 12.2 Å². The van der Waals surface area contributed by atoms with Crippen LogP contribution in [0.5, 0.6) is 0 Å². The zero-order chi connectivity index (χ0) is 18.1. The maximum atomic E-state index is 11.4. The third-order valence-corrected chi connectivity index (χ3v) is 5.39. The highest BCUT2D eigenvalue weighted by atomic mass is 16.6. The molecule has 4 rings (SSSR count). The van der Waals surface area contributed by atoms with Crippen LogP contribution in [0.15, 0.2) is 54.6 Å². The SMILES string of the molecule is N=C(OC1CC2OC(=O)CC2C1CO)c1ccc(-c2ccccc2)cc1. The first-order valence-electron chi connectivity index (χ1n) is 8.87. The lowest BCUT2D eigenvalue weighted by Gasteiger charge is -2.22. The predicted octanol–water partition coefficient (Wildman–Crippen LogP) is 3.01. The molecule has 5 heteroatoms. The summed E-state index contributed by atoms with van der Waals surface area (Å²) in [6.45, 7) is -0.0668. The van der Waals surface area contributed by atoms with Gasteiger partial charge in [0.05, 0.1) is 6.42 Å². The molecular weight excluding hydrogens is 330 g/mol. The second-order valence-electron chi connectivity index (χ2n) is 6.91. The molecule has 4 unspecified atom stereocenters. The van der Waals surface area contributed by atoms with Crippen molar-refractivity contribution in [1.29, 1.82) is 5.41 Å². The second-order valence-corrected chi connectivity index (χ2v) is 6.91. The lowest BCUT2D eigenvalue weighted by atomic mass is 9.93. The summed E-state index contributed by atoms with van der Waals surface area (Å²) in [6, 6.07) is 17.7. The number of carbonyl (C=O) groups excluding carboxylic acids is 1. The summed E-state index contributed by atoms with van der Waals surface area (Å²) in [5.74, 6) is -0.302. The second kappa shape index (κ2) is 6.92. The number of nitrogens with one attached hydrogen (secondary N) is 1. The smallest absolute Gasteiger partial charge is 0.306 e. The standard InChI is InChI=1S/C21H21NO4/c22-21(15-8-6-14(7-9-15)13-4-2-1-3-5-13)26-19-11-18-16(17(19)12-23)10-20(24)25-18/h1-9,16-19,22-23H,10-12H2. The van der Waals surface area contributed by atoms with Gasteiger partial charge in [0.2, 0.25) is 5.90 Å². The van der Waals surface area contributed by atoms with E-state index in [0.717, 1.165) is 11.1 Å². The van der Waals surface area contributed by atoms with Crippen LogP contribution in [0.2, 0.25) is 0 Å². The Hall–Kier alpha value is -2.66. The Bertz CT molecular complexity index is 803. The van der Waals surface area contributed by atoms with Crippen molar-refractivity contribution in [2.45, 2.75) is 25.0 Å². The van der Waals surface area contributed by atoms with Crippen LogP contribution in [0.4, 0.5) is 0 Å². The summed E-state index contributed by atoms with van der Waals surface area (Å²) in [6.07, 6.45) is 0.364. The molecule has 1 saturated carbocycles. The average Bonchev–Trinajstić information content (AvgIpc) is 3.17. The molecule has 0 spiro atoms. The van der Waals surface area contributed by atoms with Gasteiger partial charge in [0.15, 0.2) is 0 Å². The van der Waals surface area contributed by atoms with E-state index in [1.165, 1.54) is 0 Å². The summed E-state index contributed by atoms with van der Waals surface area (Å²) < 4.78 is 11.1. The lowest BCUT2D eigenvalue weighted by Crippen LogP contribution is -2.28. The molecule has 0 amide bonds. The summed E-state index contributed by atoms with van der Waals surface area (Å²) in [5, 5.41) is 18.0. The Morgan fingerprint density at radius 2 is 1.81 bits per heavy atom. The number of fused-ring (bicyclic) bond motifs is 1. The van der Waals surface area contributed by atoms with Gasteiger partial charge in [-0.05, 0) is 23.3 Å². The van der Waals surface area contributed by atoms with Crippen molar-refractivity contribution in [3.05, 3.63) is 60.2 Å². The van der Waals surface area contributed by atoms with E-state index in [2.05, 4.69) is 0 Å². The van der Waals surface area contributed by atoms with E-state index in [-0.39, 0.29) is 42.5 Å². The summed E-state index contributed by atoms with van der Waals surface area (Å²) in [7, 11) is 0. The molecule has 2 aromatic rings. The van der Waals surface area contributed by atoms with Crippen molar-refractivity contribution >= 4 is 11.9 Å². The number of benzene rings is 2. The molecule has 2 fully saturated rings. The minimum Gasteiger partial charge on any atom is -0.474 e. The predicted molar refractivity (Wildman–Crippen MR) is 96.8 cm³/mol. The summed E-state index contributed by atoms with van der Waals surface area (Å²) >= 11 is 0. The number of aliphatic hydroxyl groups excluding tert-OH is 1. The molecule has 2 aromatic carbocycles. The number of aliphatic hydroxyl groups is 1. The van der Waals surface area contributed by atoms with Crippen molar-refractivity contribution in [3.63, 3.8) is 0 Å².